The molecule has 1 saturated carbocycles. The second-order valence-corrected chi connectivity index (χ2v) is 5.41. The van der Waals surface area contributed by atoms with Gasteiger partial charge in [0.1, 0.15) is 0 Å². The molecule has 0 unspecified atom stereocenters. The van der Waals surface area contributed by atoms with Crippen LogP contribution in [-0.4, -0.2) is 19.0 Å². The minimum Gasteiger partial charge on any atom is -0.355 e. The highest BCUT2D eigenvalue weighted by atomic mass is 35.5. The van der Waals surface area contributed by atoms with Gasteiger partial charge in [0, 0.05) is 18.1 Å². The highest BCUT2D eigenvalue weighted by molar-refractivity contribution is 6.30. The summed E-state index contributed by atoms with van der Waals surface area (Å²) in [7, 11) is 0. The van der Waals surface area contributed by atoms with E-state index in [9.17, 15) is 4.79 Å². The monoisotopic (exact) mass is 266 g/mol. The van der Waals surface area contributed by atoms with Crippen LogP contribution >= 0.6 is 11.6 Å². The van der Waals surface area contributed by atoms with Crippen LogP contribution in [0.4, 0.5) is 0 Å². The largest absolute Gasteiger partial charge is 0.355 e. The molecule has 0 spiro atoms. The molecular weight excluding hydrogens is 248 g/mol. The lowest BCUT2D eigenvalue weighted by Crippen LogP contribution is -2.50. The zero-order valence-electron chi connectivity index (χ0n) is 10.4. The van der Waals surface area contributed by atoms with Gasteiger partial charge in [0.15, 0.2) is 0 Å². The Morgan fingerprint density at radius 1 is 1.44 bits per heavy atom. The van der Waals surface area contributed by atoms with Crippen molar-refractivity contribution in [2.75, 3.05) is 13.1 Å². The number of benzene rings is 1. The van der Waals surface area contributed by atoms with E-state index in [0.717, 1.165) is 36.3 Å². The summed E-state index contributed by atoms with van der Waals surface area (Å²) in [5.41, 5.74) is 6.55. The average molecular weight is 267 g/mol. The molecule has 1 aromatic carbocycles. The molecule has 0 aromatic heterocycles. The lowest BCUT2D eigenvalue weighted by atomic mass is 9.68. The number of nitrogens with two attached hydrogens (primary N) is 1. The van der Waals surface area contributed by atoms with Gasteiger partial charge in [-0.3, -0.25) is 4.79 Å². The quantitative estimate of drug-likeness (QED) is 0.858. The molecule has 0 radical (unpaired) electrons. The number of hydrogen-bond donors (Lipinski definition) is 2. The van der Waals surface area contributed by atoms with Gasteiger partial charge in [-0.1, -0.05) is 30.2 Å². The van der Waals surface area contributed by atoms with Crippen molar-refractivity contribution in [3.8, 4) is 0 Å². The van der Waals surface area contributed by atoms with Gasteiger partial charge < -0.3 is 11.1 Å². The minimum atomic E-state index is -0.283. The number of halogens is 1. The molecule has 1 aliphatic rings. The summed E-state index contributed by atoms with van der Waals surface area (Å²) in [6.45, 7) is 1.09. The van der Waals surface area contributed by atoms with E-state index in [2.05, 4.69) is 5.32 Å². The number of hydrogen-bond acceptors (Lipinski definition) is 2. The Morgan fingerprint density at radius 2 is 2.22 bits per heavy atom. The third kappa shape index (κ3) is 2.85. The first-order valence-electron chi connectivity index (χ1n) is 6.39. The summed E-state index contributed by atoms with van der Waals surface area (Å²) in [5.74, 6) is 0.110. The van der Waals surface area contributed by atoms with Crippen LogP contribution < -0.4 is 11.1 Å². The second kappa shape index (κ2) is 5.72. The van der Waals surface area contributed by atoms with Crippen LogP contribution in [-0.2, 0) is 11.2 Å². The maximum absolute atomic E-state index is 12.0. The van der Waals surface area contributed by atoms with Gasteiger partial charge in [0.2, 0.25) is 5.91 Å². The molecule has 0 bridgehead atoms. The zero-order valence-corrected chi connectivity index (χ0v) is 11.2. The third-order valence-electron chi connectivity index (χ3n) is 3.77. The van der Waals surface area contributed by atoms with Crippen molar-refractivity contribution in [2.24, 2.45) is 11.1 Å². The highest BCUT2D eigenvalue weighted by Crippen LogP contribution is 2.39. The predicted octanol–water partition coefficient (Wildman–Crippen LogP) is 2.13. The minimum absolute atomic E-state index is 0.110. The first-order valence-corrected chi connectivity index (χ1v) is 6.77. The van der Waals surface area contributed by atoms with Gasteiger partial charge >= 0.3 is 0 Å². The number of carbonyl (C=O) groups is 1. The van der Waals surface area contributed by atoms with E-state index in [1.54, 1.807) is 0 Å². The zero-order chi connectivity index (χ0) is 13.0. The lowest BCUT2D eigenvalue weighted by Gasteiger charge is -2.39. The Labute approximate surface area is 113 Å². The molecule has 1 aliphatic carbocycles. The molecule has 0 aliphatic heterocycles. The smallest absolute Gasteiger partial charge is 0.227 e. The van der Waals surface area contributed by atoms with E-state index < -0.39 is 0 Å². The number of amides is 1. The average Bonchev–Trinajstić information content (AvgIpc) is 2.28. The second-order valence-electron chi connectivity index (χ2n) is 4.97. The molecule has 3 N–H and O–H groups in total. The highest BCUT2D eigenvalue weighted by Gasteiger charge is 2.42. The van der Waals surface area contributed by atoms with Crippen molar-refractivity contribution in [1.82, 2.24) is 5.32 Å². The third-order valence-corrected chi connectivity index (χ3v) is 4.01. The summed E-state index contributed by atoms with van der Waals surface area (Å²) in [6.07, 6.45) is 3.75. The van der Waals surface area contributed by atoms with Crippen molar-refractivity contribution in [3.05, 3.63) is 34.9 Å². The van der Waals surface area contributed by atoms with Crippen LogP contribution in [0.2, 0.25) is 5.02 Å². The van der Waals surface area contributed by atoms with Crippen LogP contribution in [0, 0.1) is 5.41 Å². The van der Waals surface area contributed by atoms with Crippen LogP contribution in [0.3, 0.4) is 0 Å². The maximum Gasteiger partial charge on any atom is 0.227 e. The Morgan fingerprint density at radius 3 is 2.78 bits per heavy atom. The standard InChI is InChI=1S/C14H19ClN2O/c15-12-4-1-3-11(9-12)5-8-17-13(18)14(10-16)6-2-7-14/h1,3-4,9H,2,5-8,10,16H2,(H,17,18). The molecule has 4 heteroatoms. The van der Waals surface area contributed by atoms with Gasteiger partial charge in [-0.2, -0.15) is 0 Å². The first kappa shape index (κ1) is 13.4. The van der Waals surface area contributed by atoms with Gasteiger partial charge in [0.05, 0.1) is 5.41 Å². The molecule has 0 saturated heterocycles. The van der Waals surface area contributed by atoms with Crippen molar-refractivity contribution in [1.29, 1.82) is 0 Å². The summed E-state index contributed by atoms with van der Waals surface area (Å²) in [4.78, 5) is 12.0. The molecule has 0 atom stereocenters. The van der Waals surface area contributed by atoms with Crippen LogP contribution in [0.25, 0.3) is 0 Å². The van der Waals surface area contributed by atoms with E-state index in [1.165, 1.54) is 0 Å². The maximum atomic E-state index is 12.0. The van der Waals surface area contributed by atoms with E-state index in [-0.39, 0.29) is 11.3 Å². The molecule has 1 aromatic rings. The molecule has 98 valence electrons. The van der Waals surface area contributed by atoms with E-state index in [1.807, 2.05) is 24.3 Å². The molecule has 2 rings (SSSR count). The SMILES string of the molecule is NCC1(C(=O)NCCc2cccc(Cl)c2)CCC1. The van der Waals surface area contributed by atoms with Crippen molar-refractivity contribution in [3.63, 3.8) is 0 Å². The topological polar surface area (TPSA) is 55.1 Å². The Bertz CT molecular complexity index is 424. The molecule has 18 heavy (non-hydrogen) atoms. The summed E-state index contributed by atoms with van der Waals surface area (Å²) in [6, 6.07) is 7.71. The van der Waals surface area contributed by atoms with Gasteiger partial charge in [-0.05, 0) is 37.0 Å². The Kier molecular flexibility index (Phi) is 4.25. The van der Waals surface area contributed by atoms with E-state index in [4.69, 9.17) is 17.3 Å². The normalized spacial score (nSPS) is 17.0. The van der Waals surface area contributed by atoms with E-state index in [0.29, 0.717) is 13.1 Å². The Hall–Kier alpha value is -1.06. The van der Waals surface area contributed by atoms with Crippen LogP contribution in [0.1, 0.15) is 24.8 Å². The summed E-state index contributed by atoms with van der Waals surface area (Å²) >= 11 is 5.91. The lowest BCUT2D eigenvalue weighted by molar-refractivity contribution is -0.135. The van der Waals surface area contributed by atoms with Gasteiger partial charge in [0.25, 0.3) is 0 Å². The number of rotatable bonds is 5. The van der Waals surface area contributed by atoms with Crippen molar-refractivity contribution >= 4 is 17.5 Å². The molecule has 1 amide bonds. The van der Waals surface area contributed by atoms with E-state index >= 15 is 0 Å². The van der Waals surface area contributed by atoms with Gasteiger partial charge in [-0.25, -0.2) is 0 Å². The van der Waals surface area contributed by atoms with Crippen molar-refractivity contribution < 1.29 is 4.79 Å². The number of carbonyl (C=O) groups excluding carboxylic acids is 1. The fourth-order valence-corrected chi connectivity index (χ4v) is 2.54. The molecule has 3 nitrogen and oxygen atoms in total. The van der Waals surface area contributed by atoms with Crippen LogP contribution in [0.15, 0.2) is 24.3 Å². The summed E-state index contributed by atoms with van der Waals surface area (Å²) < 4.78 is 0. The fraction of sp³-hybridized carbons (Fsp3) is 0.500. The fourth-order valence-electron chi connectivity index (χ4n) is 2.33. The van der Waals surface area contributed by atoms with Gasteiger partial charge in [-0.15, -0.1) is 0 Å². The number of nitrogens with one attached hydrogen (secondary N) is 1. The predicted molar refractivity (Wildman–Crippen MR) is 73.5 cm³/mol. The molecule has 1 fully saturated rings. The molecular formula is C14H19ClN2O. The molecule has 0 heterocycles. The van der Waals surface area contributed by atoms with Crippen LogP contribution in [0.5, 0.6) is 0 Å². The first-order chi connectivity index (χ1) is 8.66. The Balaban J connectivity index is 1.80. The van der Waals surface area contributed by atoms with Crippen molar-refractivity contribution in [2.45, 2.75) is 25.7 Å². The summed E-state index contributed by atoms with van der Waals surface area (Å²) in [5, 5.41) is 3.71.